The van der Waals surface area contributed by atoms with E-state index in [1.54, 1.807) is 50.2 Å². The predicted octanol–water partition coefficient (Wildman–Crippen LogP) is 5.15. The van der Waals surface area contributed by atoms with Crippen molar-refractivity contribution in [3.63, 3.8) is 0 Å². The molecule has 1 aromatic heterocycles. The van der Waals surface area contributed by atoms with E-state index in [4.69, 9.17) is 9.47 Å². The average molecular weight is 413 g/mol. The Morgan fingerprint density at radius 2 is 1.86 bits per heavy atom. The van der Waals surface area contributed by atoms with Crippen molar-refractivity contribution in [3.05, 3.63) is 53.6 Å². The third-order valence-corrected chi connectivity index (χ3v) is 4.80. The highest BCUT2D eigenvalue weighted by Crippen LogP contribution is 2.28. The van der Waals surface area contributed by atoms with E-state index in [2.05, 4.69) is 24.1 Å². The van der Waals surface area contributed by atoms with E-state index in [0.29, 0.717) is 40.0 Å². The second-order valence-corrected chi connectivity index (χ2v) is 8.37. The van der Waals surface area contributed by atoms with Crippen molar-refractivity contribution in [2.45, 2.75) is 33.8 Å². The molecule has 3 rings (SSSR count). The highest BCUT2D eigenvalue weighted by molar-refractivity contribution is 7.22. The molecule has 3 aromatic rings. The van der Waals surface area contributed by atoms with Crippen LogP contribution in [0.2, 0.25) is 0 Å². The second-order valence-electron chi connectivity index (χ2n) is 7.34. The molecule has 0 bridgehead atoms. The van der Waals surface area contributed by atoms with Gasteiger partial charge < -0.3 is 9.47 Å². The lowest BCUT2D eigenvalue weighted by Gasteiger charge is -2.09. The fraction of sp³-hybridized carbons (Fsp3) is 0.318. The average Bonchev–Trinajstić information content (AvgIpc) is 3.07. The normalized spacial score (nSPS) is 11.1. The number of amides is 1. The third kappa shape index (κ3) is 5.54. The summed E-state index contributed by atoms with van der Waals surface area (Å²) >= 11 is 1.31. The third-order valence-electron chi connectivity index (χ3n) is 3.87. The molecule has 0 spiro atoms. The summed E-state index contributed by atoms with van der Waals surface area (Å²) in [6.07, 6.45) is -0.185. The summed E-state index contributed by atoms with van der Waals surface area (Å²) in [4.78, 5) is 29.1. The number of hydrogen-bond donors (Lipinski definition) is 1. The first-order chi connectivity index (χ1) is 13.8. The van der Waals surface area contributed by atoms with Gasteiger partial charge in [-0.1, -0.05) is 31.3 Å². The topological polar surface area (TPSA) is 77.5 Å². The summed E-state index contributed by atoms with van der Waals surface area (Å²) in [6, 6.07) is 12.2. The molecule has 0 fully saturated rings. The van der Waals surface area contributed by atoms with Gasteiger partial charge in [0.25, 0.3) is 5.91 Å². The van der Waals surface area contributed by atoms with Gasteiger partial charge in [-0.15, -0.1) is 0 Å². The zero-order valence-electron chi connectivity index (χ0n) is 16.9. The van der Waals surface area contributed by atoms with Crippen molar-refractivity contribution < 1.29 is 19.1 Å². The molecular formula is C22H24N2O4S. The molecule has 2 aromatic carbocycles. The molecule has 0 atom stereocenters. The molecule has 29 heavy (non-hydrogen) atoms. The van der Waals surface area contributed by atoms with Gasteiger partial charge in [0.15, 0.2) is 5.13 Å². The lowest BCUT2D eigenvalue weighted by Crippen LogP contribution is -2.12. The number of anilines is 1. The number of nitrogens with zero attached hydrogens (tertiary/aromatic N) is 1. The minimum Gasteiger partial charge on any atom is -0.493 e. The maximum absolute atomic E-state index is 12.6. The van der Waals surface area contributed by atoms with Crippen LogP contribution in [-0.4, -0.2) is 29.6 Å². The zero-order valence-corrected chi connectivity index (χ0v) is 17.7. The molecule has 0 aliphatic heterocycles. The molecule has 1 amide bonds. The standard InChI is InChI=1S/C22H24N2O4S/c1-13(2)12-27-17-7-5-6-15(10-17)20(25)24-22-23-18-9-8-16(11-19(18)29-22)21(26)28-14(3)4/h5-11,13-14H,12H2,1-4H3,(H,23,24,25). The molecule has 7 heteroatoms. The first-order valence-electron chi connectivity index (χ1n) is 9.47. The predicted molar refractivity (Wildman–Crippen MR) is 115 cm³/mol. The smallest absolute Gasteiger partial charge is 0.338 e. The van der Waals surface area contributed by atoms with Gasteiger partial charge in [0.1, 0.15) is 5.75 Å². The molecule has 1 heterocycles. The fourth-order valence-corrected chi connectivity index (χ4v) is 3.45. The Balaban J connectivity index is 1.73. The lowest BCUT2D eigenvalue weighted by molar-refractivity contribution is 0.0378. The number of benzene rings is 2. The van der Waals surface area contributed by atoms with Crippen LogP contribution in [0.25, 0.3) is 10.2 Å². The van der Waals surface area contributed by atoms with Crippen LogP contribution in [0.5, 0.6) is 5.75 Å². The van der Waals surface area contributed by atoms with Crippen molar-refractivity contribution in [1.29, 1.82) is 0 Å². The Labute approximate surface area is 173 Å². The van der Waals surface area contributed by atoms with Crippen LogP contribution < -0.4 is 10.1 Å². The molecule has 0 unspecified atom stereocenters. The summed E-state index contributed by atoms with van der Waals surface area (Å²) in [6.45, 7) is 8.33. The van der Waals surface area contributed by atoms with Crippen LogP contribution in [0.15, 0.2) is 42.5 Å². The fourth-order valence-electron chi connectivity index (χ4n) is 2.55. The molecule has 6 nitrogen and oxygen atoms in total. The van der Waals surface area contributed by atoms with E-state index in [9.17, 15) is 9.59 Å². The maximum Gasteiger partial charge on any atom is 0.338 e. The maximum atomic E-state index is 12.6. The number of carbonyl (C=O) groups is 2. The minimum atomic E-state index is -0.376. The molecule has 0 saturated carbocycles. The summed E-state index contributed by atoms with van der Waals surface area (Å²) in [5, 5.41) is 3.28. The van der Waals surface area contributed by atoms with Gasteiger partial charge in [-0.25, -0.2) is 9.78 Å². The summed E-state index contributed by atoms with van der Waals surface area (Å²) < 4.78 is 11.7. The highest BCUT2D eigenvalue weighted by Gasteiger charge is 2.14. The van der Waals surface area contributed by atoms with Crippen LogP contribution in [0, 0.1) is 5.92 Å². The molecule has 0 aliphatic rings. The van der Waals surface area contributed by atoms with Gasteiger partial charge in [-0.3, -0.25) is 10.1 Å². The molecule has 0 radical (unpaired) electrons. The van der Waals surface area contributed by atoms with E-state index in [1.165, 1.54) is 11.3 Å². The van der Waals surface area contributed by atoms with E-state index in [-0.39, 0.29) is 18.0 Å². The van der Waals surface area contributed by atoms with Crippen molar-refractivity contribution >= 4 is 38.6 Å². The first kappa shape index (κ1) is 20.8. The Bertz CT molecular complexity index is 1030. The van der Waals surface area contributed by atoms with Crippen molar-refractivity contribution in [3.8, 4) is 5.75 Å². The number of carbonyl (C=O) groups excluding carboxylic acids is 2. The SMILES string of the molecule is CC(C)COc1cccc(C(=O)Nc2nc3ccc(C(=O)OC(C)C)cc3s2)c1. The number of hydrogen-bond acceptors (Lipinski definition) is 6. The largest absolute Gasteiger partial charge is 0.493 e. The monoisotopic (exact) mass is 412 g/mol. The van der Waals surface area contributed by atoms with Gasteiger partial charge >= 0.3 is 5.97 Å². The van der Waals surface area contributed by atoms with Crippen LogP contribution >= 0.6 is 11.3 Å². The number of thiazole rings is 1. The molecule has 0 saturated heterocycles. The Morgan fingerprint density at radius 3 is 2.59 bits per heavy atom. The summed E-state index contributed by atoms with van der Waals surface area (Å²) in [5.41, 5.74) is 1.66. The van der Waals surface area contributed by atoms with Gasteiger partial charge in [-0.05, 0) is 56.2 Å². The van der Waals surface area contributed by atoms with Crippen molar-refractivity contribution in [2.75, 3.05) is 11.9 Å². The Morgan fingerprint density at radius 1 is 1.07 bits per heavy atom. The number of ether oxygens (including phenoxy) is 2. The van der Waals surface area contributed by atoms with Gasteiger partial charge in [0.2, 0.25) is 0 Å². The second kappa shape index (κ2) is 9.05. The number of rotatable bonds is 7. The molecule has 1 N–H and O–H groups in total. The van der Waals surface area contributed by atoms with Crippen LogP contribution in [0.4, 0.5) is 5.13 Å². The Kier molecular flexibility index (Phi) is 6.49. The summed E-state index contributed by atoms with van der Waals surface area (Å²) in [7, 11) is 0. The van der Waals surface area contributed by atoms with E-state index in [1.807, 2.05) is 6.07 Å². The van der Waals surface area contributed by atoms with Crippen molar-refractivity contribution in [2.24, 2.45) is 5.92 Å². The molecular weight excluding hydrogens is 388 g/mol. The Hall–Kier alpha value is -2.93. The number of aromatic nitrogens is 1. The zero-order chi connectivity index (χ0) is 21.0. The van der Waals surface area contributed by atoms with E-state index in [0.717, 1.165) is 4.70 Å². The van der Waals surface area contributed by atoms with Crippen LogP contribution in [0.1, 0.15) is 48.4 Å². The molecule has 0 aliphatic carbocycles. The minimum absolute atomic E-state index is 0.185. The molecule has 152 valence electrons. The van der Waals surface area contributed by atoms with Crippen molar-refractivity contribution in [1.82, 2.24) is 4.98 Å². The van der Waals surface area contributed by atoms with Gasteiger partial charge in [0, 0.05) is 5.56 Å². The summed E-state index contributed by atoms with van der Waals surface area (Å²) in [5.74, 6) is 0.416. The van der Waals surface area contributed by atoms with Crippen LogP contribution in [-0.2, 0) is 4.74 Å². The van der Waals surface area contributed by atoms with E-state index < -0.39 is 0 Å². The number of fused-ring (bicyclic) bond motifs is 1. The number of esters is 1. The van der Waals surface area contributed by atoms with Gasteiger partial charge in [0.05, 0.1) is 28.5 Å². The highest BCUT2D eigenvalue weighted by atomic mass is 32.1. The lowest BCUT2D eigenvalue weighted by atomic mass is 10.2. The van der Waals surface area contributed by atoms with Gasteiger partial charge in [-0.2, -0.15) is 0 Å². The van der Waals surface area contributed by atoms with Crippen LogP contribution in [0.3, 0.4) is 0 Å². The quantitative estimate of drug-likeness (QED) is 0.543. The van der Waals surface area contributed by atoms with E-state index >= 15 is 0 Å². The number of nitrogens with one attached hydrogen (secondary N) is 1. The first-order valence-corrected chi connectivity index (χ1v) is 10.3.